The topological polar surface area (TPSA) is 150 Å². The van der Waals surface area contributed by atoms with Gasteiger partial charge in [0.25, 0.3) is 0 Å². The number of ether oxygens (including phenoxy) is 6. The van der Waals surface area contributed by atoms with Crippen LogP contribution < -0.4 is 15.2 Å². The third-order valence-corrected chi connectivity index (χ3v) is 4.86. The number of hydrogen-bond acceptors (Lipinski definition) is 11. The highest BCUT2D eigenvalue weighted by atomic mass is 16.7. The van der Waals surface area contributed by atoms with Crippen LogP contribution in [0.25, 0.3) is 0 Å². The largest absolute Gasteiger partial charge is 0.513 e. The lowest BCUT2D eigenvalue weighted by Gasteiger charge is -2.23. The summed E-state index contributed by atoms with van der Waals surface area (Å²) >= 11 is 0. The first kappa shape index (κ1) is 31.7. The maximum absolute atomic E-state index is 12.5. The van der Waals surface area contributed by atoms with E-state index in [1.807, 2.05) is 27.7 Å². The van der Waals surface area contributed by atoms with E-state index in [1.54, 1.807) is 19.9 Å². The van der Waals surface area contributed by atoms with Gasteiger partial charge in [-0.3, -0.25) is 9.59 Å². The summed E-state index contributed by atoms with van der Waals surface area (Å²) in [5.41, 5.74) is 6.54. The van der Waals surface area contributed by atoms with E-state index in [0.29, 0.717) is 18.4 Å². The van der Waals surface area contributed by atoms with Crippen LogP contribution in [-0.4, -0.2) is 55.7 Å². The van der Waals surface area contributed by atoms with Gasteiger partial charge in [0.05, 0.1) is 13.2 Å². The van der Waals surface area contributed by atoms with Crippen molar-refractivity contribution in [3.05, 3.63) is 23.8 Å². The SMILES string of the molecule is CCCOC(=O)Oc1ccc(C[C@H](N)C(=O)O[C@@H](C)C(C)OC(=O)CC(C)C)cc1OC(=O)OCCC. The Balaban J connectivity index is 2.87. The molecule has 0 aliphatic heterocycles. The first-order valence-electron chi connectivity index (χ1n) is 12.4. The van der Waals surface area contributed by atoms with Crippen LogP contribution in [0.3, 0.4) is 0 Å². The van der Waals surface area contributed by atoms with Gasteiger partial charge in [-0.1, -0.05) is 33.8 Å². The Morgan fingerprint density at radius 1 is 0.811 bits per heavy atom. The molecule has 1 rings (SSSR count). The summed E-state index contributed by atoms with van der Waals surface area (Å²) < 4.78 is 30.8. The lowest BCUT2D eigenvalue weighted by Crippen LogP contribution is -2.39. The third-order valence-electron chi connectivity index (χ3n) is 4.86. The van der Waals surface area contributed by atoms with Gasteiger partial charge in [-0.2, -0.15) is 0 Å². The van der Waals surface area contributed by atoms with Crippen molar-refractivity contribution in [1.82, 2.24) is 0 Å². The van der Waals surface area contributed by atoms with Crippen LogP contribution in [-0.2, 0) is 35.0 Å². The highest BCUT2D eigenvalue weighted by molar-refractivity contribution is 5.76. The third kappa shape index (κ3) is 12.4. The van der Waals surface area contributed by atoms with E-state index in [0.717, 1.165) is 0 Å². The fraction of sp³-hybridized carbons (Fsp3) is 0.615. The second-order valence-corrected chi connectivity index (χ2v) is 8.93. The fourth-order valence-corrected chi connectivity index (χ4v) is 2.84. The Morgan fingerprint density at radius 3 is 1.89 bits per heavy atom. The van der Waals surface area contributed by atoms with Gasteiger partial charge in [0.2, 0.25) is 0 Å². The number of rotatable bonds is 14. The zero-order chi connectivity index (χ0) is 28.0. The van der Waals surface area contributed by atoms with Crippen LogP contribution in [0, 0.1) is 5.92 Å². The standard InChI is InChI=1S/C26H39NO10/c1-7-11-32-25(30)36-21-10-9-19(15-22(21)37-26(31)33-12-8-2)14-20(27)24(29)35-18(6)17(5)34-23(28)13-16(3)4/h9-10,15-18,20H,7-8,11-14,27H2,1-6H3/t17?,18-,20-/m0/s1. The summed E-state index contributed by atoms with van der Waals surface area (Å²) in [5, 5.41) is 0. The van der Waals surface area contributed by atoms with Gasteiger partial charge in [0, 0.05) is 6.42 Å². The molecule has 0 fully saturated rings. The highest BCUT2D eigenvalue weighted by Gasteiger charge is 2.25. The van der Waals surface area contributed by atoms with E-state index in [9.17, 15) is 19.2 Å². The van der Waals surface area contributed by atoms with E-state index < -0.39 is 36.5 Å². The Morgan fingerprint density at radius 2 is 1.35 bits per heavy atom. The normalized spacial score (nSPS) is 13.2. The van der Waals surface area contributed by atoms with Gasteiger partial charge in [-0.05, 0) is 56.7 Å². The highest BCUT2D eigenvalue weighted by Crippen LogP contribution is 2.30. The summed E-state index contributed by atoms with van der Waals surface area (Å²) in [6, 6.07) is 3.28. The molecule has 0 bridgehead atoms. The number of carbonyl (C=O) groups excluding carboxylic acids is 4. The van der Waals surface area contributed by atoms with E-state index in [4.69, 9.17) is 34.2 Å². The Kier molecular flexibility index (Phi) is 14.1. The van der Waals surface area contributed by atoms with Gasteiger partial charge >= 0.3 is 24.2 Å². The van der Waals surface area contributed by atoms with Crippen molar-refractivity contribution in [2.75, 3.05) is 13.2 Å². The number of nitrogens with two attached hydrogens (primary N) is 1. The second-order valence-electron chi connectivity index (χ2n) is 8.93. The van der Waals surface area contributed by atoms with Crippen molar-refractivity contribution in [3.63, 3.8) is 0 Å². The first-order valence-corrected chi connectivity index (χ1v) is 12.4. The number of hydrogen-bond donors (Lipinski definition) is 1. The molecule has 37 heavy (non-hydrogen) atoms. The van der Waals surface area contributed by atoms with Gasteiger partial charge in [0.1, 0.15) is 18.2 Å². The molecule has 0 aliphatic carbocycles. The maximum atomic E-state index is 12.5. The summed E-state index contributed by atoms with van der Waals surface area (Å²) in [6.07, 6.45) is -1.83. The van der Waals surface area contributed by atoms with Crippen LogP contribution in [0.4, 0.5) is 9.59 Å². The molecule has 0 saturated heterocycles. The molecule has 0 aliphatic rings. The van der Waals surface area contributed by atoms with E-state index in [-0.39, 0.29) is 49.4 Å². The van der Waals surface area contributed by atoms with Crippen LogP contribution in [0.5, 0.6) is 11.5 Å². The molecule has 1 aromatic rings. The van der Waals surface area contributed by atoms with Gasteiger partial charge in [0.15, 0.2) is 11.5 Å². The smallest absolute Gasteiger partial charge is 0.459 e. The van der Waals surface area contributed by atoms with Crippen LogP contribution in [0.15, 0.2) is 18.2 Å². The lowest BCUT2D eigenvalue weighted by atomic mass is 10.1. The minimum atomic E-state index is -1.07. The van der Waals surface area contributed by atoms with Gasteiger partial charge < -0.3 is 34.2 Å². The van der Waals surface area contributed by atoms with Crippen LogP contribution >= 0.6 is 0 Å². The first-order chi connectivity index (χ1) is 17.5. The molecule has 2 N–H and O–H groups in total. The van der Waals surface area contributed by atoms with Crippen molar-refractivity contribution < 1.29 is 47.6 Å². The molecular formula is C26H39NO10. The van der Waals surface area contributed by atoms with Crippen molar-refractivity contribution in [3.8, 4) is 11.5 Å². The van der Waals surface area contributed by atoms with Gasteiger partial charge in [-0.25, -0.2) is 9.59 Å². The molecule has 0 radical (unpaired) electrons. The zero-order valence-corrected chi connectivity index (χ0v) is 22.4. The summed E-state index contributed by atoms with van der Waals surface area (Å²) in [7, 11) is 0. The quantitative estimate of drug-likeness (QED) is 0.210. The molecule has 0 heterocycles. The van der Waals surface area contributed by atoms with Gasteiger partial charge in [-0.15, -0.1) is 0 Å². The molecule has 11 nitrogen and oxygen atoms in total. The maximum Gasteiger partial charge on any atom is 0.513 e. The van der Waals surface area contributed by atoms with Crippen molar-refractivity contribution >= 4 is 24.2 Å². The summed E-state index contributed by atoms with van der Waals surface area (Å²) in [5.74, 6) is -1.10. The molecule has 0 aromatic heterocycles. The van der Waals surface area contributed by atoms with Crippen LogP contribution in [0.1, 0.15) is 66.4 Å². The molecule has 3 atom stereocenters. The molecule has 11 heteroatoms. The molecular weight excluding hydrogens is 486 g/mol. The Hall–Kier alpha value is -3.34. The summed E-state index contributed by atoms with van der Waals surface area (Å²) in [6.45, 7) is 11.0. The fourth-order valence-electron chi connectivity index (χ4n) is 2.84. The lowest BCUT2D eigenvalue weighted by molar-refractivity contribution is -0.166. The molecule has 0 amide bonds. The van der Waals surface area contributed by atoms with Crippen molar-refractivity contribution in [2.45, 2.75) is 85.5 Å². The molecule has 1 aromatic carbocycles. The predicted octanol–water partition coefficient (Wildman–Crippen LogP) is 4.32. The Labute approximate surface area is 217 Å². The monoisotopic (exact) mass is 525 g/mol. The van der Waals surface area contributed by atoms with E-state index in [2.05, 4.69) is 0 Å². The second kappa shape index (κ2) is 16.4. The van der Waals surface area contributed by atoms with Crippen molar-refractivity contribution in [2.24, 2.45) is 11.7 Å². The molecule has 0 spiro atoms. The van der Waals surface area contributed by atoms with E-state index >= 15 is 0 Å². The predicted molar refractivity (Wildman–Crippen MR) is 133 cm³/mol. The zero-order valence-electron chi connectivity index (χ0n) is 22.4. The van der Waals surface area contributed by atoms with Crippen LogP contribution in [0.2, 0.25) is 0 Å². The van der Waals surface area contributed by atoms with E-state index in [1.165, 1.54) is 12.1 Å². The Bertz CT molecular complexity index is 901. The minimum Gasteiger partial charge on any atom is -0.459 e. The summed E-state index contributed by atoms with van der Waals surface area (Å²) in [4.78, 5) is 48.3. The molecule has 1 unspecified atom stereocenters. The van der Waals surface area contributed by atoms with Crippen molar-refractivity contribution in [1.29, 1.82) is 0 Å². The number of esters is 2. The minimum absolute atomic E-state index is 0.0218. The number of carbonyl (C=O) groups is 4. The molecule has 208 valence electrons. The number of benzene rings is 1. The molecule has 0 saturated carbocycles. The average molecular weight is 526 g/mol. The average Bonchev–Trinajstić information content (AvgIpc) is 2.82.